The Morgan fingerprint density at radius 2 is 0.839 bits per heavy atom. The third kappa shape index (κ3) is 32.9. The largest absolute Gasteiger partial charge is 0.481 e. The highest BCUT2D eigenvalue weighted by atomic mass is 32.1. The Labute approximate surface area is 659 Å². The van der Waals surface area contributed by atoms with Gasteiger partial charge in [0.25, 0.3) is 0 Å². The summed E-state index contributed by atoms with van der Waals surface area (Å²) in [5.74, 6) is -18.3. The van der Waals surface area contributed by atoms with Crippen molar-refractivity contribution < 1.29 is 92.0 Å². The predicted octanol–water partition coefficient (Wildman–Crippen LogP) is -5.15. The number of guanidine groups is 2. The highest BCUT2D eigenvalue weighted by molar-refractivity contribution is 7.80. The van der Waals surface area contributed by atoms with Crippen molar-refractivity contribution in [2.24, 2.45) is 74.2 Å². The van der Waals surface area contributed by atoms with Crippen molar-refractivity contribution >= 4 is 119 Å². The van der Waals surface area contributed by atoms with Crippen LogP contribution in [-0.4, -0.2) is 261 Å². The Hall–Kier alpha value is -9.67. The van der Waals surface area contributed by atoms with E-state index in [0.717, 1.165) is 0 Å². The van der Waals surface area contributed by atoms with Crippen LogP contribution in [0.25, 0.3) is 0 Å². The summed E-state index contributed by atoms with van der Waals surface area (Å²) in [4.78, 5) is 229. The number of carboxylic acid groups (broad SMARTS) is 2. The molecule has 0 aliphatic carbocycles. The number of thiol groups is 1. The molecule has 0 aromatic rings. The first kappa shape index (κ1) is 98.4. The zero-order valence-electron chi connectivity index (χ0n) is 66.8. The van der Waals surface area contributed by atoms with Crippen molar-refractivity contribution in [3.8, 4) is 0 Å². The number of rotatable bonds is 48. The molecule has 0 radical (unpaired) electrons. The summed E-state index contributed by atoms with van der Waals surface area (Å²) in [5, 5.41) is 60.4. The fourth-order valence-corrected chi connectivity index (χ4v) is 12.6. The first-order valence-corrected chi connectivity index (χ1v) is 38.7. The first-order chi connectivity index (χ1) is 52.3. The molecule has 112 heavy (non-hydrogen) atoms. The van der Waals surface area contributed by atoms with Crippen molar-refractivity contribution in [1.29, 1.82) is 0 Å². The van der Waals surface area contributed by atoms with Crippen molar-refractivity contribution in [2.45, 2.75) is 265 Å². The monoisotopic (exact) mass is 1610 g/mol. The standard InChI is InChI=1S/C71H125N21O19S/c1-15-38(12)54(89-59(101)42(21-17-25-78-71(75)76)81-67(109)55(40(14)93)90-62(104)48-23-18-26-91(48)68(110)45(29-34(4)5)84-65(107)52(36(8)9)86-57(99)41(72)20-16-24-77-70(73)74)66(108)88-51(35(6)7)63(105)80-39(13)56(98)85-46(32-112)69(111)92-27-19-22-47(92)61(103)87-53(37(10)11)64(106)83-44(30-49(94)95)60(102)82-43(28-33(2)3)58(100)79-31-50(96)97/h33-48,51-55,93,112H,15-32,72H2,1-14H3,(H,79,100)(H,80,105)(H,81,109)(H,82,102)(H,83,106)(H,84,107)(H,85,98)(H,86,99)(H,87,103)(H,88,108)(H,89,101)(H,90,104)(H,94,95)(H,96,97)(H4,73,74,77)(H4,75,76,78)/t38-,39-,40+,41-,42-,43-,44-,45-,46-,47-,48-,51-,52-,53-,54-,55-/m0/s1. The number of carbonyl (C=O) groups excluding carboxylic acids is 14. The Morgan fingerprint density at radius 1 is 0.446 bits per heavy atom. The summed E-state index contributed by atoms with van der Waals surface area (Å²) in [6.07, 6.45) is -0.850. The van der Waals surface area contributed by atoms with Gasteiger partial charge in [0.1, 0.15) is 85.1 Å². The summed E-state index contributed by atoms with van der Waals surface area (Å²) >= 11 is 4.31. The molecular formula is C71H125N21O19S. The molecule has 2 aliphatic heterocycles. The fourth-order valence-electron chi connectivity index (χ4n) is 12.4. The average molecular weight is 1610 g/mol. The second kappa shape index (κ2) is 48.3. The van der Waals surface area contributed by atoms with Crippen molar-refractivity contribution in [1.82, 2.24) is 73.6 Å². The molecule has 16 atom stereocenters. The number of nitrogens with two attached hydrogens (primary N) is 5. The number of hydrogen-bond donors (Lipinski definition) is 21. The second-order valence-electron chi connectivity index (χ2n) is 30.4. The van der Waals surface area contributed by atoms with Crippen LogP contribution in [0.2, 0.25) is 0 Å². The zero-order chi connectivity index (χ0) is 85.3. The number of carboxylic acids is 2. The number of aliphatic hydroxyl groups excluding tert-OH is 1. The van der Waals surface area contributed by atoms with Gasteiger partial charge in [0.15, 0.2) is 11.9 Å². The van der Waals surface area contributed by atoms with E-state index in [4.69, 9.17) is 33.8 Å². The summed E-state index contributed by atoms with van der Waals surface area (Å²) in [7, 11) is 0. The highest BCUT2D eigenvalue weighted by Gasteiger charge is 2.44. The van der Waals surface area contributed by atoms with Gasteiger partial charge in [-0.15, -0.1) is 0 Å². The maximum atomic E-state index is 14.6. The van der Waals surface area contributed by atoms with Crippen molar-refractivity contribution in [2.75, 3.05) is 38.5 Å². The molecule has 0 aromatic carbocycles. The number of aliphatic carboxylic acids is 2. The zero-order valence-corrected chi connectivity index (χ0v) is 67.7. The van der Waals surface area contributed by atoms with Gasteiger partial charge in [-0.3, -0.25) is 86.7 Å². The predicted molar refractivity (Wildman–Crippen MR) is 415 cm³/mol. The number of likely N-dealkylation sites (tertiary alicyclic amines) is 2. The molecule has 2 aliphatic rings. The summed E-state index contributed by atoms with van der Waals surface area (Å²) < 4.78 is 0. The summed E-state index contributed by atoms with van der Waals surface area (Å²) in [5.41, 5.74) is 28.1. The molecule has 2 rings (SSSR count). The van der Waals surface area contributed by atoms with E-state index in [-0.39, 0.29) is 107 Å². The molecule has 0 bridgehead atoms. The van der Waals surface area contributed by atoms with Crippen LogP contribution in [0, 0.1) is 35.5 Å². The third-order valence-corrected chi connectivity index (χ3v) is 19.2. The van der Waals surface area contributed by atoms with Gasteiger partial charge in [0.2, 0.25) is 82.7 Å². The summed E-state index contributed by atoms with van der Waals surface area (Å²) in [6.45, 7) is 22.2. The molecule has 25 N–H and O–H groups in total. The minimum atomic E-state index is -1.78. The van der Waals surface area contributed by atoms with Gasteiger partial charge < -0.3 is 118 Å². The van der Waals surface area contributed by atoms with Crippen LogP contribution < -0.4 is 92.5 Å². The SMILES string of the molecule is CC[C@H](C)[C@H](NC(=O)[C@H](CCCN=C(N)N)NC(=O)[C@@H](NC(=O)[C@@H]1CCCN1C(=O)[C@H](CC(C)C)NC(=O)[C@@H](NC(=O)[C@@H](N)CCCN=C(N)N)C(C)C)[C@@H](C)O)C(=O)N[C@H](C(=O)N[C@@H](C)C(=O)N[C@@H](CS)C(=O)N1CCC[C@H]1C(=O)N[C@H](C(=O)N[C@@H](CC(=O)O)C(=O)N[C@@H](CC(C)C)C(=O)NCC(=O)O)C(C)C)C(C)C. The van der Waals surface area contributed by atoms with Crippen LogP contribution in [0.1, 0.15) is 174 Å². The Balaban J connectivity index is 2.33. The molecule has 0 spiro atoms. The molecule has 41 heteroatoms. The topological polar surface area (TPSA) is 639 Å². The molecule has 2 saturated heterocycles. The van der Waals surface area contributed by atoms with E-state index in [2.05, 4.69) is 86.4 Å². The Bertz CT molecular complexity index is 3320. The van der Waals surface area contributed by atoms with E-state index >= 15 is 0 Å². The van der Waals surface area contributed by atoms with E-state index in [9.17, 15) is 86.9 Å². The van der Waals surface area contributed by atoms with Crippen LogP contribution in [0.5, 0.6) is 0 Å². The van der Waals surface area contributed by atoms with Gasteiger partial charge in [0.05, 0.1) is 18.6 Å². The van der Waals surface area contributed by atoms with Crippen LogP contribution in [-0.2, 0) is 76.7 Å². The van der Waals surface area contributed by atoms with Crippen LogP contribution in [0.4, 0.5) is 0 Å². The van der Waals surface area contributed by atoms with Gasteiger partial charge in [-0.25, -0.2) is 0 Å². The number of hydrogen-bond acceptors (Lipinski definition) is 21. The highest BCUT2D eigenvalue weighted by Crippen LogP contribution is 2.24. The lowest BCUT2D eigenvalue weighted by Crippen LogP contribution is -2.62. The van der Waals surface area contributed by atoms with Crippen LogP contribution in [0.3, 0.4) is 0 Å². The smallest absolute Gasteiger partial charge is 0.322 e. The Kier molecular flexibility index (Phi) is 42.4. The lowest BCUT2D eigenvalue weighted by atomic mass is 9.95. The maximum Gasteiger partial charge on any atom is 0.322 e. The second-order valence-corrected chi connectivity index (χ2v) is 30.7. The average Bonchev–Trinajstić information content (AvgIpc) is 1.86. The molecular weight excluding hydrogens is 1480 g/mol. The van der Waals surface area contributed by atoms with E-state index in [1.54, 1.807) is 69.2 Å². The van der Waals surface area contributed by atoms with Crippen molar-refractivity contribution in [3.63, 3.8) is 0 Å². The molecule has 40 nitrogen and oxygen atoms in total. The molecule has 14 amide bonds. The van der Waals surface area contributed by atoms with E-state index < -0.39 is 222 Å². The first-order valence-electron chi connectivity index (χ1n) is 38.1. The number of aliphatic imine (C=N–C) groups is 2. The molecule has 0 unspecified atom stereocenters. The van der Waals surface area contributed by atoms with Crippen LogP contribution >= 0.6 is 12.6 Å². The molecule has 2 fully saturated rings. The van der Waals surface area contributed by atoms with Crippen LogP contribution in [0.15, 0.2) is 9.98 Å². The van der Waals surface area contributed by atoms with Gasteiger partial charge in [-0.1, -0.05) is 89.5 Å². The maximum absolute atomic E-state index is 14.6. The number of carbonyl (C=O) groups is 16. The van der Waals surface area contributed by atoms with E-state index in [1.807, 2.05) is 13.8 Å². The fraction of sp³-hybridized carbons (Fsp3) is 0.746. The number of nitrogens with zero attached hydrogens (tertiary/aromatic N) is 4. The van der Waals surface area contributed by atoms with Gasteiger partial charge in [-0.2, -0.15) is 12.6 Å². The third-order valence-electron chi connectivity index (χ3n) is 18.8. The minimum Gasteiger partial charge on any atom is -0.481 e. The summed E-state index contributed by atoms with van der Waals surface area (Å²) in [6, 6.07) is -19.1. The molecule has 0 saturated carbocycles. The molecule has 634 valence electrons. The minimum absolute atomic E-state index is 0.0126. The van der Waals surface area contributed by atoms with E-state index in [1.165, 1.54) is 23.6 Å². The van der Waals surface area contributed by atoms with Gasteiger partial charge >= 0.3 is 11.9 Å². The number of nitrogens with one attached hydrogen (secondary N) is 12. The lowest BCUT2D eigenvalue weighted by Gasteiger charge is -2.32. The lowest BCUT2D eigenvalue weighted by molar-refractivity contribution is -0.143. The quantitative estimate of drug-likeness (QED) is 0.0117. The number of aliphatic hydroxyl groups is 1. The van der Waals surface area contributed by atoms with Gasteiger partial charge in [-0.05, 0) is 114 Å². The van der Waals surface area contributed by atoms with E-state index in [0.29, 0.717) is 19.3 Å². The Morgan fingerprint density at radius 3 is 1.29 bits per heavy atom. The molecule has 0 aromatic heterocycles. The van der Waals surface area contributed by atoms with Crippen molar-refractivity contribution in [3.05, 3.63) is 0 Å². The molecule has 2 heterocycles. The normalized spacial score (nSPS) is 17.8. The van der Waals surface area contributed by atoms with Gasteiger partial charge in [0, 0.05) is 31.9 Å². The number of amides is 14.